The summed E-state index contributed by atoms with van der Waals surface area (Å²) in [5.41, 5.74) is 1.48. The van der Waals surface area contributed by atoms with Gasteiger partial charge in [-0.15, -0.1) is 0 Å². The number of aliphatic carboxylic acids is 1. The first kappa shape index (κ1) is 22.2. The first-order chi connectivity index (χ1) is 16.0. The maximum atomic E-state index is 12.7. The number of rotatable bonds is 6. The molecule has 33 heavy (non-hydrogen) atoms. The van der Waals surface area contributed by atoms with Gasteiger partial charge in [0.25, 0.3) is 5.91 Å². The lowest BCUT2D eigenvalue weighted by molar-refractivity contribution is -0.142. The highest BCUT2D eigenvalue weighted by Crippen LogP contribution is 2.36. The minimum absolute atomic E-state index is 0.303. The number of carboxylic acid groups (broad SMARTS) is 1. The van der Waals surface area contributed by atoms with Crippen molar-refractivity contribution in [1.82, 2.24) is 9.97 Å². The third-order valence-electron chi connectivity index (χ3n) is 5.49. The van der Waals surface area contributed by atoms with Crippen molar-refractivity contribution in [3.05, 3.63) is 53.0 Å². The molecule has 1 aliphatic heterocycles. The van der Waals surface area contributed by atoms with Crippen LogP contribution in [0.5, 0.6) is 5.75 Å². The van der Waals surface area contributed by atoms with Gasteiger partial charge in [0.15, 0.2) is 5.13 Å². The quantitative estimate of drug-likeness (QED) is 0.567. The number of carbonyl (C=O) groups excluding carboxylic acids is 1. The third kappa shape index (κ3) is 4.78. The summed E-state index contributed by atoms with van der Waals surface area (Å²) < 4.78 is 5.36. The molecule has 0 bridgehead atoms. The molecule has 2 aromatic heterocycles. The number of anilines is 2. The van der Waals surface area contributed by atoms with E-state index < -0.39 is 5.97 Å². The van der Waals surface area contributed by atoms with Gasteiger partial charge in [0.05, 0.1) is 18.6 Å². The van der Waals surface area contributed by atoms with E-state index in [1.165, 1.54) is 6.20 Å². The van der Waals surface area contributed by atoms with Gasteiger partial charge in [0, 0.05) is 24.8 Å². The molecule has 0 aliphatic carbocycles. The fourth-order valence-corrected chi connectivity index (χ4v) is 4.48. The van der Waals surface area contributed by atoms with E-state index in [1.807, 2.05) is 23.1 Å². The largest absolute Gasteiger partial charge is 0.496 e. The second-order valence-corrected chi connectivity index (χ2v) is 8.47. The number of carboxylic acids is 1. The number of methoxy groups -OCH3 is 1. The molecular weight excluding hydrogens is 442 g/mol. The molecule has 0 radical (unpaired) electrons. The topological polar surface area (TPSA) is 128 Å². The fraction of sp³-hybridized carbons (Fsp3) is 0.261. The number of hydrogen-bond acceptors (Lipinski definition) is 8. The zero-order valence-corrected chi connectivity index (χ0v) is 18.6. The standard InChI is InChI=1S/C23H21N5O4S/c1-32-17-5-3-2-4-16(17)20-18(12-24)33-23(26-20)27-21(29)15-6-7-19(25-13-15)28-10-8-14(9-11-28)22(30)31/h2-7,13-14H,8-11H2,1H3,(H,30,31)(H,26,27,29). The Hall–Kier alpha value is -3.97. The van der Waals surface area contributed by atoms with Crippen molar-refractivity contribution >= 4 is 34.2 Å². The number of pyridine rings is 1. The minimum atomic E-state index is -0.759. The molecule has 168 valence electrons. The van der Waals surface area contributed by atoms with E-state index in [9.17, 15) is 14.9 Å². The maximum Gasteiger partial charge on any atom is 0.306 e. The predicted octanol–water partition coefficient (Wildman–Crippen LogP) is 3.64. The summed E-state index contributed by atoms with van der Waals surface area (Å²) in [5.74, 6) is -0.170. The molecule has 3 aromatic rings. The Balaban J connectivity index is 1.46. The molecule has 0 atom stereocenters. The summed E-state index contributed by atoms with van der Waals surface area (Å²) in [5, 5.41) is 21.7. The molecule has 0 spiro atoms. The van der Waals surface area contributed by atoms with Gasteiger partial charge in [-0.05, 0) is 37.1 Å². The molecule has 3 heterocycles. The van der Waals surface area contributed by atoms with Crippen molar-refractivity contribution in [1.29, 1.82) is 5.26 Å². The van der Waals surface area contributed by atoms with Gasteiger partial charge in [-0.25, -0.2) is 9.97 Å². The van der Waals surface area contributed by atoms with E-state index in [0.29, 0.717) is 64.3 Å². The van der Waals surface area contributed by atoms with E-state index in [4.69, 9.17) is 9.84 Å². The van der Waals surface area contributed by atoms with Crippen molar-refractivity contribution < 1.29 is 19.4 Å². The summed E-state index contributed by atoms with van der Waals surface area (Å²) in [4.78, 5) is 35.0. The first-order valence-corrected chi connectivity index (χ1v) is 11.1. The summed E-state index contributed by atoms with van der Waals surface area (Å²) in [7, 11) is 1.55. The molecule has 0 unspecified atom stereocenters. The van der Waals surface area contributed by atoms with Crippen molar-refractivity contribution in [2.75, 3.05) is 30.4 Å². The number of nitrogens with zero attached hydrogens (tertiary/aromatic N) is 4. The number of carbonyl (C=O) groups is 2. The molecular formula is C23H21N5O4S. The van der Waals surface area contributed by atoms with E-state index in [2.05, 4.69) is 21.4 Å². The number of para-hydroxylation sites is 1. The highest BCUT2D eigenvalue weighted by atomic mass is 32.1. The lowest BCUT2D eigenvalue weighted by Gasteiger charge is -2.30. The zero-order valence-electron chi connectivity index (χ0n) is 17.8. The van der Waals surface area contributed by atoms with Gasteiger partial charge in [-0.3, -0.25) is 14.9 Å². The minimum Gasteiger partial charge on any atom is -0.496 e. The number of ether oxygens (including phenoxy) is 1. The van der Waals surface area contributed by atoms with Crippen molar-refractivity contribution in [3.8, 4) is 23.1 Å². The number of nitriles is 1. The molecule has 4 rings (SSSR count). The van der Waals surface area contributed by atoms with Crippen LogP contribution in [0.25, 0.3) is 11.3 Å². The Bertz CT molecular complexity index is 1210. The molecule has 1 amide bonds. The monoisotopic (exact) mass is 463 g/mol. The number of nitrogens with one attached hydrogen (secondary N) is 1. The van der Waals surface area contributed by atoms with Gasteiger partial charge in [0.1, 0.15) is 28.2 Å². The third-order valence-corrected chi connectivity index (χ3v) is 6.36. The average molecular weight is 464 g/mol. The number of hydrogen-bond donors (Lipinski definition) is 2. The van der Waals surface area contributed by atoms with Crippen LogP contribution in [0.2, 0.25) is 0 Å². The second-order valence-electron chi connectivity index (χ2n) is 7.47. The van der Waals surface area contributed by atoms with E-state index in [1.54, 1.807) is 25.3 Å². The Morgan fingerprint density at radius 2 is 2.00 bits per heavy atom. The van der Waals surface area contributed by atoms with E-state index in [-0.39, 0.29) is 11.8 Å². The second kappa shape index (κ2) is 9.67. The van der Waals surface area contributed by atoms with Crippen molar-refractivity contribution in [2.45, 2.75) is 12.8 Å². The van der Waals surface area contributed by atoms with Gasteiger partial charge in [-0.1, -0.05) is 23.5 Å². The smallest absolute Gasteiger partial charge is 0.306 e. The number of thiazole rings is 1. The highest BCUT2D eigenvalue weighted by Gasteiger charge is 2.25. The van der Waals surface area contributed by atoms with Crippen LogP contribution in [0.1, 0.15) is 28.1 Å². The van der Waals surface area contributed by atoms with Crippen LogP contribution < -0.4 is 15.0 Å². The lowest BCUT2D eigenvalue weighted by Crippen LogP contribution is -2.36. The molecule has 1 saturated heterocycles. The number of benzene rings is 1. The van der Waals surface area contributed by atoms with Gasteiger partial charge in [-0.2, -0.15) is 5.26 Å². The Kier molecular flexibility index (Phi) is 6.51. The number of aromatic nitrogens is 2. The van der Waals surface area contributed by atoms with Crippen LogP contribution in [0, 0.1) is 17.2 Å². The summed E-state index contributed by atoms with van der Waals surface area (Å²) in [6.45, 7) is 1.22. The fourth-order valence-electron chi connectivity index (χ4n) is 3.70. The van der Waals surface area contributed by atoms with Crippen LogP contribution in [-0.2, 0) is 4.79 Å². The summed E-state index contributed by atoms with van der Waals surface area (Å²) in [6, 6.07) is 12.8. The van der Waals surface area contributed by atoms with Crippen LogP contribution in [0.4, 0.5) is 10.9 Å². The molecule has 1 fully saturated rings. The predicted molar refractivity (Wildman–Crippen MR) is 124 cm³/mol. The zero-order chi connectivity index (χ0) is 23.4. The molecule has 1 aromatic carbocycles. The molecule has 0 saturated carbocycles. The molecule has 9 nitrogen and oxygen atoms in total. The van der Waals surface area contributed by atoms with Crippen LogP contribution in [0.15, 0.2) is 42.6 Å². The lowest BCUT2D eigenvalue weighted by atomic mass is 9.97. The summed E-state index contributed by atoms with van der Waals surface area (Å²) >= 11 is 1.09. The number of amides is 1. The number of piperidine rings is 1. The normalized spacial score (nSPS) is 13.9. The Morgan fingerprint density at radius 1 is 1.24 bits per heavy atom. The highest BCUT2D eigenvalue weighted by molar-refractivity contribution is 7.16. The molecule has 1 aliphatic rings. The van der Waals surface area contributed by atoms with E-state index in [0.717, 1.165) is 11.3 Å². The van der Waals surface area contributed by atoms with Crippen LogP contribution >= 0.6 is 11.3 Å². The van der Waals surface area contributed by atoms with Gasteiger partial charge >= 0.3 is 5.97 Å². The first-order valence-electron chi connectivity index (χ1n) is 10.3. The average Bonchev–Trinajstić information content (AvgIpc) is 3.26. The summed E-state index contributed by atoms with van der Waals surface area (Å²) in [6.07, 6.45) is 2.62. The molecule has 2 N–H and O–H groups in total. The SMILES string of the molecule is COc1ccccc1-c1nc(NC(=O)c2ccc(N3CCC(C(=O)O)CC3)nc2)sc1C#N. The van der Waals surface area contributed by atoms with E-state index >= 15 is 0 Å². The van der Waals surface area contributed by atoms with Crippen LogP contribution in [-0.4, -0.2) is 47.2 Å². The van der Waals surface area contributed by atoms with Gasteiger partial charge in [0.2, 0.25) is 0 Å². The van der Waals surface area contributed by atoms with Crippen molar-refractivity contribution in [3.63, 3.8) is 0 Å². The van der Waals surface area contributed by atoms with Crippen LogP contribution in [0.3, 0.4) is 0 Å². The van der Waals surface area contributed by atoms with Gasteiger partial charge < -0.3 is 14.7 Å². The maximum absolute atomic E-state index is 12.7. The molecule has 10 heteroatoms. The van der Waals surface area contributed by atoms with Crippen molar-refractivity contribution in [2.24, 2.45) is 5.92 Å². The Morgan fingerprint density at radius 3 is 2.64 bits per heavy atom. The Labute approximate surface area is 194 Å².